The van der Waals surface area contributed by atoms with Crippen LogP contribution in [0, 0.1) is 0 Å². The van der Waals surface area contributed by atoms with Crippen LogP contribution in [-0.4, -0.2) is 56.7 Å². The van der Waals surface area contributed by atoms with Crippen LogP contribution in [0.5, 0.6) is 0 Å². The molecular formula is C22H18BrClN6O. The molecule has 0 radical (unpaired) electrons. The molecule has 1 saturated heterocycles. The van der Waals surface area contributed by atoms with Crippen LogP contribution in [0.25, 0.3) is 16.7 Å². The third-order valence-corrected chi connectivity index (χ3v) is 6.29. The van der Waals surface area contributed by atoms with E-state index in [9.17, 15) is 4.79 Å². The summed E-state index contributed by atoms with van der Waals surface area (Å²) in [6.07, 6.45) is 3.34. The second kappa shape index (κ2) is 8.28. The molecule has 156 valence electrons. The molecule has 0 unspecified atom stereocenters. The predicted molar refractivity (Wildman–Crippen MR) is 124 cm³/mol. The number of halogens is 2. The van der Waals surface area contributed by atoms with Crippen LogP contribution in [0.3, 0.4) is 0 Å². The molecule has 3 heterocycles. The van der Waals surface area contributed by atoms with Crippen LogP contribution >= 0.6 is 27.5 Å². The summed E-state index contributed by atoms with van der Waals surface area (Å²) in [5.74, 6) is 0.861. The largest absolute Gasteiger partial charge is 0.352 e. The first kappa shape index (κ1) is 20.0. The fourth-order valence-corrected chi connectivity index (χ4v) is 4.45. The monoisotopic (exact) mass is 496 g/mol. The number of piperazine rings is 1. The molecule has 0 aliphatic carbocycles. The molecular weight excluding hydrogens is 480 g/mol. The number of carbonyl (C=O) groups is 1. The first-order valence-electron chi connectivity index (χ1n) is 9.85. The number of aromatic nitrogens is 4. The minimum absolute atomic E-state index is 0.0359. The number of carbonyl (C=O) groups excluding carboxylic acids is 1. The summed E-state index contributed by atoms with van der Waals surface area (Å²) in [6.45, 7) is 2.61. The molecule has 2 aromatic carbocycles. The minimum Gasteiger partial charge on any atom is -0.352 e. The van der Waals surface area contributed by atoms with Gasteiger partial charge in [0, 0.05) is 35.7 Å². The van der Waals surface area contributed by atoms with Gasteiger partial charge in [0.05, 0.1) is 22.8 Å². The van der Waals surface area contributed by atoms with Crippen molar-refractivity contribution in [3.8, 4) is 5.69 Å². The zero-order chi connectivity index (χ0) is 21.4. The maximum absolute atomic E-state index is 12.9. The quantitative estimate of drug-likeness (QED) is 0.424. The Morgan fingerprint density at radius 2 is 1.81 bits per heavy atom. The summed E-state index contributed by atoms with van der Waals surface area (Å²) in [4.78, 5) is 25.9. The van der Waals surface area contributed by atoms with Crippen molar-refractivity contribution in [3.63, 3.8) is 0 Å². The Hall–Kier alpha value is -2.97. The highest BCUT2D eigenvalue weighted by Gasteiger charge is 2.25. The van der Waals surface area contributed by atoms with Crippen LogP contribution in [0.15, 0.2) is 65.5 Å². The van der Waals surface area contributed by atoms with E-state index in [1.54, 1.807) is 17.2 Å². The van der Waals surface area contributed by atoms with Crippen molar-refractivity contribution in [2.24, 2.45) is 0 Å². The van der Waals surface area contributed by atoms with Gasteiger partial charge in [-0.2, -0.15) is 5.10 Å². The molecule has 7 nitrogen and oxygen atoms in total. The van der Waals surface area contributed by atoms with E-state index < -0.39 is 0 Å². The molecule has 0 bridgehead atoms. The zero-order valence-electron chi connectivity index (χ0n) is 16.4. The van der Waals surface area contributed by atoms with E-state index in [2.05, 4.69) is 35.9 Å². The summed E-state index contributed by atoms with van der Waals surface area (Å²) in [7, 11) is 0. The van der Waals surface area contributed by atoms with Crippen LogP contribution in [0.2, 0.25) is 5.02 Å². The highest BCUT2D eigenvalue weighted by molar-refractivity contribution is 9.10. The van der Waals surface area contributed by atoms with E-state index in [0.29, 0.717) is 36.8 Å². The van der Waals surface area contributed by atoms with Gasteiger partial charge >= 0.3 is 0 Å². The number of anilines is 1. The Kier molecular flexibility index (Phi) is 5.33. The Bertz CT molecular complexity index is 1270. The van der Waals surface area contributed by atoms with Crippen molar-refractivity contribution >= 4 is 50.3 Å². The molecule has 1 aliphatic rings. The van der Waals surface area contributed by atoms with Crippen LogP contribution in [0.1, 0.15) is 10.4 Å². The maximum atomic E-state index is 12.9. The number of amides is 1. The number of benzene rings is 2. The third-order valence-electron chi connectivity index (χ3n) is 5.37. The molecule has 0 spiro atoms. The van der Waals surface area contributed by atoms with Crippen LogP contribution in [0.4, 0.5) is 5.82 Å². The molecule has 2 aromatic heterocycles. The smallest absolute Gasteiger partial charge is 0.255 e. The lowest BCUT2D eigenvalue weighted by Crippen LogP contribution is -2.49. The summed E-state index contributed by atoms with van der Waals surface area (Å²) < 4.78 is 2.58. The van der Waals surface area contributed by atoms with E-state index in [4.69, 9.17) is 11.6 Å². The molecule has 0 saturated carbocycles. The highest BCUT2D eigenvalue weighted by Crippen LogP contribution is 2.27. The zero-order valence-corrected chi connectivity index (χ0v) is 18.8. The van der Waals surface area contributed by atoms with E-state index in [1.165, 1.54) is 0 Å². The lowest BCUT2D eigenvalue weighted by atomic mass is 10.2. The number of hydrogen-bond donors (Lipinski definition) is 0. The van der Waals surface area contributed by atoms with Crippen molar-refractivity contribution in [2.45, 2.75) is 0 Å². The van der Waals surface area contributed by atoms with Gasteiger partial charge < -0.3 is 9.80 Å². The minimum atomic E-state index is 0.0359. The highest BCUT2D eigenvalue weighted by atomic mass is 79.9. The normalized spacial score (nSPS) is 14.3. The van der Waals surface area contributed by atoms with Crippen molar-refractivity contribution < 1.29 is 4.79 Å². The fourth-order valence-electron chi connectivity index (χ4n) is 3.81. The van der Waals surface area contributed by atoms with Gasteiger partial charge in [0.1, 0.15) is 12.1 Å². The Morgan fingerprint density at radius 1 is 1.00 bits per heavy atom. The van der Waals surface area contributed by atoms with Crippen molar-refractivity contribution in [1.82, 2.24) is 24.6 Å². The van der Waals surface area contributed by atoms with E-state index >= 15 is 0 Å². The molecule has 1 fully saturated rings. The van der Waals surface area contributed by atoms with E-state index in [0.717, 1.165) is 27.0 Å². The van der Waals surface area contributed by atoms with E-state index in [1.807, 2.05) is 53.4 Å². The van der Waals surface area contributed by atoms with Gasteiger partial charge in [-0.15, -0.1) is 0 Å². The molecule has 4 aromatic rings. The SMILES string of the molecule is O=C(c1ccccc1Br)N1CCN(c2ncnc3c2cnn3-c2cccc(Cl)c2)CC1. The van der Waals surface area contributed by atoms with Crippen molar-refractivity contribution in [3.05, 3.63) is 76.1 Å². The summed E-state index contributed by atoms with van der Waals surface area (Å²) >= 11 is 9.61. The third kappa shape index (κ3) is 3.77. The van der Waals surface area contributed by atoms with E-state index in [-0.39, 0.29) is 5.91 Å². The van der Waals surface area contributed by atoms with Gasteiger partial charge in [-0.3, -0.25) is 4.79 Å². The Labute approximate surface area is 192 Å². The number of fused-ring (bicyclic) bond motifs is 1. The van der Waals surface area contributed by atoms with Gasteiger partial charge in [-0.25, -0.2) is 14.6 Å². The average molecular weight is 498 g/mol. The average Bonchev–Trinajstić information content (AvgIpc) is 3.23. The number of hydrogen-bond acceptors (Lipinski definition) is 5. The topological polar surface area (TPSA) is 67.2 Å². The Balaban J connectivity index is 1.38. The number of nitrogens with zero attached hydrogens (tertiary/aromatic N) is 6. The number of rotatable bonds is 3. The first-order valence-corrected chi connectivity index (χ1v) is 11.0. The van der Waals surface area contributed by atoms with Gasteiger partial charge in [0.15, 0.2) is 5.65 Å². The van der Waals surface area contributed by atoms with Crippen LogP contribution < -0.4 is 4.90 Å². The molecule has 31 heavy (non-hydrogen) atoms. The molecule has 0 N–H and O–H groups in total. The van der Waals surface area contributed by atoms with Gasteiger partial charge in [-0.1, -0.05) is 29.8 Å². The van der Waals surface area contributed by atoms with Gasteiger partial charge in [-0.05, 0) is 46.3 Å². The van der Waals surface area contributed by atoms with Crippen molar-refractivity contribution in [1.29, 1.82) is 0 Å². The molecule has 5 rings (SSSR count). The Morgan fingerprint density at radius 3 is 2.58 bits per heavy atom. The lowest BCUT2D eigenvalue weighted by Gasteiger charge is -2.35. The molecule has 1 aliphatic heterocycles. The predicted octanol–water partition coefficient (Wildman–Crippen LogP) is 4.19. The first-order chi connectivity index (χ1) is 15.1. The molecule has 9 heteroatoms. The summed E-state index contributed by atoms with van der Waals surface area (Å²) in [5.41, 5.74) is 2.25. The van der Waals surface area contributed by atoms with Gasteiger partial charge in [0.25, 0.3) is 5.91 Å². The van der Waals surface area contributed by atoms with Crippen molar-refractivity contribution in [2.75, 3.05) is 31.1 Å². The van der Waals surface area contributed by atoms with Crippen LogP contribution in [-0.2, 0) is 0 Å². The second-order valence-electron chi connectivity index (χ2n) is 7.23. The lowest BCUT2D eigenvalue weighted by molar-refractivity contribution is 0.0745. The summed E-state index contributed by atoms with van der Waals surface area (Å²) in [6, 6.07) is 15.0. The maximum Gasteiger partial charge on any atom is 0.255 e. The second-order valence-corrected chi connectivity index (χ2v) is 8.52. The summed E-state index contributed by atoms with van der Waals surface area (Å²) in [5, 5.41) is 6.02. The molecule has 1 amide bonds. The molecule has 0 atom stereocenters. The fraction of sp³-hybridized carbons (Fsp3) is 0.182. The van der Waals surface area contributed by atoms with Gasteiger partial charge in [0.2, 0.25) is 0 Å². The standard InChI is InChI=1S/C22H18BrClN6O/c23-19-7-2-1-6-17(19)22(31)29-10-8-28(9-11-29)20-18-13-27-30(21(18)26-14-25-20)16-5-3-4-15(24)12-16/h1-7,12-14H,8-11H2.